The van der Waals surface area contributed by atoms with Crippen LogP contribution in [0.25, 0.3) is 11.0 Å². The van der Waals surface area contributed by atoms with Crippen LogP contribution in [0, 0.1) is 5.92 Å². The van der Waals surface area contributed by atoms with Crippen LogP contribution in [0.4, 0.5) is 0 Å². The van der Waals surface area contributed by atoms with Crippen molar-refractivity contribution in [2.45, 2.75) is 57.3 Å². The van der Waals surface area contributed by atoms with Crippen molar-refractivity contribution in [3.63, 3.8) is 0 Å². The highest BCUT2D eigenvalue weighted by molar-refractivity contribution is 7.09. The average Bonchev–Trinajstić information content (AvgIpc) is 3.42. The summed E-state index contributed by atoms with van der Waals surface area (Å²) in [5.41, 5.74) is 1.70. The van der Waals surface area contributed by atoms with Gasteiger partial charge in [-0.25, -0.2) is 4.98 Å². The Hall–Kier alpha value is -2.22. The van der Waals surface area contributed by atoms with Gasteiger partial charge in [0.05, 0.1) is 11.0 Å². The van der Waals surface area contributed by atoms with Gasteiger partial charge in [0.2, 0.25) is 0 Å². The molecule has 30 heavy (non-hydrogen) atoms. The first-order chi connectivity index (χ1) is 14.6. The number of nitrogens with zero attached hydrogens (tertiary/aromatic N) is 2. The summed E-state index contributed by atoms with van der Waals surface area (Å²) in [7, 11) is 0. The zero-order chi connectivity index (χ0) is 20.9. The normalized spacial score (nSPS) is 17.1. The minimum Gasteiger partial charge on any atom is -0.382 e. The summed E-state index contributed by atoms with van der Waals surface area (Å²) in [5.74, 6) is 0.317. The van der Waals surface area contributed by atoms with E-state index in [9.17, 15) is 15.0 Å². The number of para-hydroxylation sites is 2. The molecule has 1 aliphatic carbocycles. The Morgan fingerprint density at radius 2 is 1.97 bits per heavy atom. The van der Waals surface area contributed by atoms with Crippen LogP contribution in [0.2, 0.25) is 0 Å². The van der Waals surface area contributed by atoms with E-state index in [-0.39, 0.29) is 0 Å². The van der Waals surface area contributed by atoms with Crippen LogP contribution < -0.4 is 5.32 Å². The summed E-state index contributed by atoms with van der Waals surface area (Å²) in [5, 5.41) is 26.1. The first-order valence-corrected chi connectivity index (χ1v) is 11.6. The molecule has 1 saturated carbocycles. The van der Waals surface area contributed by atoms with Crippen molar-refractivity contribution in [1.82, 2.24) is 14.9 Å². The van der Waals surface area contributed by atoms with E-state index in [2.05, 4.69) is 10.3 Å². The highest BCUT2D eigenvalue weighted by Crippen LogP contribution is 2.29. The van der Waals surface area contributed by atoms with Crippen LogP contribution in [0.15, 0.2) is 41.8 Å². The zero-order valence-electron chi connectivity index (χ0n) is 17.0. The maximum absolute atomic E-state index is 12.4. The van der Waals surface area contributed by atoms with Crippen molar-refractivity contribution in [1.29, 1.82) is 0 Å². The van der Waals surface area contributed by atoms with Crippen molar-refractivity contribution in [2.75, 3.05) is 6.54 Å². The second-order valence-electron chi connectivity index (χ2n) is 8.08. The van der Waals surface area contributed by atoms with Crippen molar-refractivity contribution >= 4 is 28.3 Å². The molecule has 1 fully saturated rings. The number of amides is 1. The molecule has 7 heteroatoms. The Morgan fingerprint density at radius 1 is 1.17 bits per heavy atom. The molecule has 0 spiro atoms. The second kappa shape index (κ2) is 9.73. The molecule has 4 rings (SSSR count). The number of benzene rings is 1. The van der Waals surface area contributed by atoms with Gasteiger partial charge in [-0.05, 0) is 48.8 Å². The predicted molar refractivity (Wildman–Crippen MR) is 118 cm³/mol. The smallest absolute Gasteiger partial charge is 0.252 e. The lowest BCUT2D eigenvalue weighted by atomic mass is 9.89. The summed E-state index contributed by atoms with van der Waals surface area (Å²) >= 11 is 1.63. The average molecular weight is 428 g/mol. The molecule has 2 heterocycles. The number of aliphatic hydroxyl groups is 2. The maximum atomic E-state index is 12.4. The van der Waals surface area contributed by atoms with Crippen LogP contribution in [0.3, 0.4) is 0 Å². The molecule has 2 atom stereocenters. The van der Waals surface area contributed by atoms with E-state index in [0.29, 0.717) is 24.7 Å². The fraction of sp³-hybridized carbons (Fsp3) is 0.478. The molecule has 1 aromatic carbocycles. The second-order valence-corrected chi connectivity index (χ2v) is 9.12. The molecular weight excluding hydrogens is 398 g/mol. The first-order valence-electron chi connectivity index (χ1n) is 10.7. The van der Waals surface area contributed by atoms with Gasteiger partial charge in [-0.2, -0.15) is 0 Å². The SMILES string of the molecule is O=C(NCCc1cccs1)[C@H](O)[C@@H](O)c1nc2ccccc2n1CC1CCCCC1. The number of carbonyl (C=O) groups is 1. The van der Waals surface area contributed by atoms with Gasteiger partial charge < -0.3 is 20.1 Å². The molecule has 0 bridgehead atoms. The molecule has 3 aromatic rings. The van der Waals surface area contributed by atoms with Crippen molar-refractivity contribution in [3.8, 4) is 0 Å². The first kappa shape index (κ1) is 21.0. The van der Waals surface area contributed by atoms with Crippen molar-refractivity contribution in [2.24, 2.45) is 5.92 Å². The van der Waals surface area contributed by atoms with Gasteiger partial charge in [0.15, 0.2) is 6.10 Å². The van der Waals surface area contributed by atoms with Crippen molar-refractivity contribution in [3.05, 3.63) is 52.5 Å². The van der Waals surface area contributed by atoms with E-state index in [1.807, 2.05) is 46.3 Å². The quantitative estimate of drug-likeness (QED) is 0.514. The number of fused-ring (bicyclic) bond motifs is 1. The van der Waals surface area contributed by atoms with Crippen LogP contribution in [-0.2, 0) is 17.8 Å². The number of aliphatic hydroxyl groups excluding tert-OH is 2. The van der Waals surface area contributed by atoms with E-state index in [4.69, 9.17) is 0 Å². The highest BCUT2D eigenvalue weighted by atomic mass is 32.1. The number of rotatable bonds is 8. The van der Waals surface area contributed by atoms with Gasteiger partial charge in [-0.1, -0.05) is 37.5 Å². The molecule has 0 aliphatic heterocycles. The molecular formula is C23H29N3O3S. The lowest BCUT2D eigenvalue weighted by molar-refractivity contribution is -0.135. The number of aromatic nitrogens is 2. The summed E-state index contributed by atoms with van der Waals surface area (Å²) in [6.45, 7) is 1.17. The third-order valence-electron chi connectivity index (χ3n) is 5.93. The molecule has 0 unspecified atom stereocenters. The van der Waals surface area contributed by atoms with Crippen LogP contribution in [-0.4, -0.2) is 38.3 Å². The van der Waals surface area contributed by atoms with Gasteiger partial charge in [-0.15, -0.1) is 11.3 Å². The number of hydrogen-bond acceptors (Lipinski definition) is 5. The van der Waals surface area contributed by atoms with E-state index in [1.165, 1.54) is 24.1 Å². The van der Waals surface area contributed by atoms with Gasteiger partial charge in [-0.3, -0.25) is 4.79 Å². The predicted octanol–water partition coefficient (Wildman–Crippen LogP) is 3.43. The van der Waals surface area contributed by atoms with Gasteiger partial charge >= 0.3 is 0 Å². The Bertz CT molecular complexity index is 963. The van der Waals surface area contributed by atoms with Gasteiger partial charge in [0.25, 0.3) is 5.91 Å². The molecule has 0 radical (unpaired) electrons. The Labute approximate surface area is 180 Å². The van der Waals surface area contributed by atoms with Gasteiger partial charge in [0, 0.05) is 18.0 Å². The maximum Gasteiger partial charge on any atom is 0.252 e. The molecule has 1 amide bonds. The third-order valence-corrected chi connectivity index (χ3v) is 6.87. The van der Waals surface area contributed by atoms with E-state index >= 15 is 0 Å². The zero-order valence-corrected chi connectivity index (χ0v) is 17.9. The topological polar surface area (TPSA) is 87.4 Å². The number of imidazole rings is 1. The molecule has 2 aromatic heterocycles. The fourth-order valence-electron chi connectivity index (χ4n) is 4.29. The van der Waals surface area contributed by atoms with Crippen molar-refractivity contribution < 1.29 is 15.0 Å². The fourth-order valence-corrected chi connectivity index (χ4v) is 5.00. The summed E-state index contributed by atoms with van der Waals surface area (Å²) < 4.78 is 2.00. The number of thiophene rings is 1. The third kappa shape index (κ3) is 4.74. The minimum atomic E-state index is -1.56. The Morgan fingerprint density at radius 3 is 2.73 bits per heavy atom. The van der Waals surface area contributed by atoms with Crippen LogP contribution in [0.5, 0.6) is 0 Å². The number of carbonyl (C=O) groups excluding carboxylic acids is 1. The molecule has 1 aliphatic rings. The number of hydrogen-bond donors (Lipinski definition) is 3. The van der Waals surface area contributed by atoms with Gasteiger partial charge in [0.1, 0.15) is 11.9 Å². The molecule has 0 saturated heterocycles. The largest absolute Gasteiger partial charge is 0.382 e. The summed E-state index contributed by atoms with van der Waals surface area (Å²) in [4.78, 5) is 18.2. The van der Waals surface area contributed by atoms with E-state index < -0.39 is 18.1 Å². The van der Waals surface area contributed by atoms with Crippen LogP contribution >= 0.6 is 11.3 Å². The number of nitrogens with one attached hydrogen (secondary N) is 1. The minimum absolute atomic E-state index is 0.364. The van der Waals surface area contributed by atoms with E-state index in [0.717, 1.165) is 30.4 Å². The molecule has 6 nitrogen and oxygen atoms in total. The summed E-state index contributed by atoms with van der Waals surface area (Å²) in [6, 6.07) is 11.7. The standard InChI is InChI=1S/C23H29N3O3S/c27-20(21(28)23(29)24-13-12-17-9-6-14-30-17)22-25-18-10-4-5-11-19(18)26(22)15-16-7-2-1-3-8-16/h4-6,9-11,14,16,20-21,27-28H,1-3,7-8,12-13,15H2,(H,24,29)/t20-,21-/m1/s1. The lowest BCUT2D eigenvalue weighted by Gasteiger charge is -2.25. The summed E-state index contributed by atoms with van der Waals surface area (Å²) in [6.07, 6.45) is 3.82. The Kier molecular flexibility index (Phi) is 6.82. The molecule has 3 N–H and O–H groups in total. The highest BCUT2D eigenvalue weighted by Gasteiger charge is 2.31. The van der Waals surface area contributed by atoms with Crippen LogP contribution in [0.1, 0.15) is 48.9 Å². The molecule has 160 valence electrons. The van der Waals surface area contributed by atoms with E-state index in [1.54, 1.807) is 11.3 Å². The Balaban J connectivity index is 1.48. The lowest BCUT2D eigenvalue weighted by Crippen LogP contribution is -2.40. The monoisotopic (exact) mass is 427 g/mol.